The van der Waals surface area contributed by atoms with Gasteiger partial charge >= 0.3 is 12.0 Å². The zero-order valence-electron chi connectivity index (χ0n) is 12.5. The van der Waals surface area contributed by atoms with Crippen LogP contribution in [0.1, 0.15) is 26.7 Å². The summed E-state index contributed by atoms with van der Waals surface area (Å²) in [7, 11) is 2.10. The Balaban J connectivity index is 1.85. The summed E-state index contributed by atoms with van der Waals surface area (Å²) in [5, 5.41) is 12.2. The Morgan fingerprint density at radius 3 is 2.50 bits per heavy atom. The van der Waals surface area contributed by atoms with E-state index in [1.165, 1.54) is 0 Å². The number of carbonyl (C=O) groups excluding carboxylic acids is 1. The van der Waals surface area contributed by atoms with Crippen LogP contribution in [0.4, 0.5) is 4.79 Å². The highest BCUT2D eigenvalue weighted by Crippen LogP contribution is 2.23. The van der Waals surface area contributed by atoms with Crippen LogP contribution in [0, 0.1) is 11.8 Å². The number of nitrogens with one attached hydrogen (secondary N) is 1. The van der Waals surface area contributed by atoms with E-state index in [1.54, 1.807) is 4.90 Å². The molecule has 2 aliphatic rings. The molecule has 2 unspecified atom stereocenters. The molecule has 2 heterocycles. The minimum absolute atomic E-state index is 0.0228. The molecule has 0 aromatic heterocycles. The van der Waals surface area contributed by atoms with Crippen molar-refractivity contribution in [3.8, 4) is 0 Å². The zero-order valence-corrected chi connectivity index (χ0v) is 12.5. The maximum absolute atomic E-state index is 12.2. The maximum Gasteiger partial charge on any atom is 0.317 e. The minimum atomic E-state index is -0.805. The molecular weight excluding hydrogens is 258 g/mol. The fourth-order valence-electron chi connectivity index (χ4n) is 3.14. The number of carbonyl (C=O) groups is 2. The molecule has 0 aliphatic carbocycles. The quantitative estimate of drug-likeness (QED) is 0.787. The van der Waals surface area contributed by atoms with E-state index in [9.17, 15) is 9.59 Å². The summed E-state index contributed by atoms with van der Waals surface area (Å²) in [6.07, 6.45) is 1.91. The van der Waals surface area contributed by atoms with Gasteiger partial charge in [-0.05, 0) is 32.7 Å². The number of piperidine rings is 1. The molecule has 6 nitrogen and oxygen atoms in total. The Bertz CT molecular complexity index is 388. The number of hydrogen-bond acceptors (Lipinski definition) is 3. The van der Waals surface area contributed by atoms with Crippen molar-refractivity contribution in [2.45, 2.75) is 38.8 Å². The average molecular weight is 283 g/mol. The maximum atomic E-state index is 12.2. The number of carboxylic acids is 1. The number of nitrogens with zero attached hydrogens (tertiary/aromatic N) is 2. The normalized spacial score (nSPS) is 35.0. The van der Waals surface area contributed by atoms with E-state index in [2.05, 4.69) is 24.2 Å². The second-order valence-electron chi connectivity index (χ2n) is 6.33. The van der Waals surface area contributed by atoms with Gasteiger partial charge < -0.3 is 20.2 Å². The van der Waals surface area contributed by atoms with Crippen molar-refractivity contribution in [3.63, 3.8) is 0 Å². The lowest BCUT2D eigenvalue weighted by Crippen LogP contribution is -2.50. The summed E-state index contributed by atoms with van der Waals surface area (Å²) in [6, 6.07) is 0.563. The van der Waals surface area contributed by atoms with Gasteiger partial charge in [0.1, 0.15) is 0 Å². The molecule has 0 radical (unpaired) electrons. The van der Waals surface area contributed by atoms with Crippen molar-refractivity contribution in [1.82, 2.24) is 15.1 Å². The van der Waals surface area contributed by atoms with Crippen LogP contribution in [-0.2, 0) is 4.79 Å². The number of urea groups is 1. The Labute approximate surface area is 120 Å². The van der Waals surface area contributed by atoms with Gasteiger partial charge in [-0.25, -0.2) is 4.79 Å². The summed E-state index contributed by atoms with van der Waals surface area (Å²) in [5.74, 6) is -1.22. The van der Waals surface area contributed by atoms with Gasteiger partial charge in [-0.15, -0.1) is 0 Å². The van der Waals surface area contributed by atoms with E-state index in [-0.39, 0.29) is 18.0 Å². The van der Waals surface area contributed by atoms with E-state index >= 15 is 0 Å². The molecule has 0 saturated carbocycles. The monoisotopic (exact) mass is 283 g/mol. The average Bonchev–Trinajstić information content (AvgIpc) is 2.76. The van der Waals surface area contributed by atoms with Crippen LogP contribution >= 0.6 is 0 Å². The Kier molecular flexibility index (Phi) is 4.52. The lowest BCUT2D eigenvalue weighted by molar-refractivity contribution is -0.142. The number of amides is 2. The molecule has 2 aliphatic heterocycles. The highest BCUT2D eigenvalue weighted by molar-refractivity contribution is 5.77. The fraction of sp³-hybridized carbons (Fsp3) is 0.857. The topological polar surface area (TPSA) is 72.9 Å². The Morgan fingerprint density at radius 2 is 1.95 bits per heavy atom. The van der Waals surface area contributed by atoms with Crippen LogP contribution in [0.3, 0.4) is 0 Å². The first kappa shape index (κ1) is 15.1. The van der Waals surface area contributed by atoms with Crippen molar-refractivity contribution in [1.29, 1.82) is 0 Å². The molecule has 6 heteroatoms. The van der Waals surface area contributed by atoms with Crippen molar-refractivity contribution in [2.75, 3.05) is 26.7 Å². The van der Waals surface area contributed by atoms with Crippen LogP contribution < -0.4 is 5.32 Å². The highest BCUT2D eigenvalue weighted by atomic mass is 16.4. The van der Waals surface area contributed by atoms with Gasteiger partial charge in [0.2, 0.25) is 0 Å². The van der Waals surface area contributed by atoms with E-state index in [1.807, 2.05) is 6.92 Å². The van der Waals surface area contributed by atoms with Gasteiger partial charge in [0, 0.05) is 31.7 Å². The molecule has 0 bridgehead atoms. The first-order valence-electron chi connectivity index (χ1n) is 7.37. The highest BCUT2D eigenvalue weighted by Gasteiger charge is 2.37. The molecule has 0 aromatic carbocycles. The molecule has 4 atom stereocenters. The SMILES string of the molecule is CC1CC(NC(=O)N2C[C@@H](C)[C@H](C(=O)O)C2)CCN1C. The summed E-state index contributed by atoms with van der Waals surface area (Å²) in [5.41, 5.74) is 0. The Hall–Kier alpha value is -1.30. The van der Waals surface area contributed by atoms with E-state index in [0.29, 0.717) is 19.1 Å². The molecule has 20 heavy (non-hydrogen) atoms. The first-order valence-corrected chi connectivity index (χ1v) is 7.37. The van der Waals surface area contributed by atoms with Crippen molar-refractivity contribution in [2.24, 2.45) is 11.8 Å². The molecule has 0 spiro atoms. The number of aliphatic carboxylic acids is 1. The molecule has 2 amide bonds. The van der Waals surface area contributed by atoms with Gasteiger partial charge in [-0.3, -0.25) is 4.79 Å². The zero-order chi connectivity index (χ0) is 14.9. The standard InChI is InChI=1S/C14H25N3O3/c1-9-7-17(8-12(9)13(18)19)14(20)15-11-4-5-16(3)10(2)6-11/h9-12H,4-8H2,1-3H3,(H,15,20)(H,18,19)/t9-,10?,11?,12-/m1/s1. The summed E-state index contributed by atoms with van der Waals surface area (Å²) < 4.78 is 0. The largest absolute Gasteiger partial charge is 0.481 e. The predicted molar refractivity (Wildman–Crippen MR) is 75.5 cm³/mol. The molecule has 114 valence electrons. The second kappa shape index (κ2) is 5.99. The van der Waals surface area contributed by atoms with Crippen LogP contribution in [-0.4, -0.2) is 65.7 Å². The van der Waals surface area contributed by atoms with Crippen LogP contribution in [0.25, 0.3) is 0 Å². The van der Waals surface area contributed by atoms with E-state index in [4.69, 9.17) is 5.11 Å². The molecule has 2 N–H and O–H groups in total. The minimum Gasteiger partial charge on any atom is -0.481 e. The molecule has 2 saturated heterocycles. The summed E-state index contributed by atoms with van der Waals surface area (Å²) in [6.45, 7) is 5.90. The molecule has 2 fully saturated rings. The van der Waals surface area contributed by atoms with Gasteiger partial charge in [-0.1, -0.05) is 6.92 Å². The summed E-state index contributed by atoms with van der Waals surface area (Å²) in [4.78, 5) is 27.2. The van der Waals surface area contributed by atoms with Crippen molar-refractivity contribution >= 4 is 12.0 Å². The van der Waals surface area contributed by atoms with Gasteiger partial charge in [-0.2, -0.15) is 0 Å². The summed E-state index contributed by atoms with van der Waals surface area (Å²) >= 11 is 0. The third-order valence-corrected chi connectivity index (χ3v) is 4.75. The van der Waals surface area contributed by atoms with E-state index < -0.39 is 11.9 Å². The third-order valence-electron chi connectivity index (χ3n) is 4.75. The molecular formula is C14H25N3O3. The number of rotatable bonds is 2. The predicted octanol–water partition coefficient (Wildman–Crippen LogP) is 0.831. The van der Waals surface area contributed by atoms with Crippen molar-refractivity contribution < 1.29 is 14.7 Å². The smallest absolute Gasteiger partial charge is 0.317 e. The van der Waals surface area contributed by atoms with Gasteiger partial charge in [0.25, 0.3) is 0 Å². The van der Waals surface area contributed by atoms with Gasteiger partial charge in [0.15, 0.2) is 0 Å². The van der Waals surface area contributed by atoms with Crippen molar-refractivity contribution in [3.05, 3.63) is 0 Å². The van der Waals surface area contributed by atoms with E-state index in [0.717, 1.165) is 19.4 Å². The lowest BCUT2D eigenvalue weighted by atomic mass is 9.99. The molecule has 0 aromatic rings. The Morgan fingerprint density at radius 1 is 1.25 bits per heavy atom. The number of likely N-dealkylation sites (tertiary alicyclic amines) is 2. The van der Waals surface area contributed by atoms with Crippen LogP contribution in [0.5, 0.6) is 0 Å². The van der Waals surface area contributed by atoms with Gasteiger partial charge in [0.05, 0.1) is 5.92 Å². The second-order valence-corrected chi connectivity index (χ2v) is 6.33. The third kappa shape index (κ3) is 3.23. The number of carboxylic acid groups (broad SMARTS) is 1. The van der Waals surface area contributed by atoms with Crippen LogP contribution in [0.2, 0.25) is 0 Å². The lowest BCUT2D eigenvalue weighted by Gasteiger charge is -2.36. The number of hydrogen-bond donors (Lipinski definition) is 2. The molecule has 2 rings (SSSR count). The van der Waals surface area contributed by atoms with Crippen LogP contribution in [0.15, 0.2) is 0 Å². The first-order chi connectivity index (χ1) is 9.38. The fourth-order valence-corrected chi connectivity index (χ4v) is 3.14.